The first-order chi connectivity index (χ1) is 10.2. The Morgan fingerprint density at radius 3 is 2.73 bits per heavy atom. The number of halogens is 1. The molecule has 1 heterocycles. The van der Waals surface area contributed by atoms with E-state index in [1.807, 2.05) is 36.4 Å². The number of hydrogen-bond acceptors (Lipinski definition) is 4. The lowest BCUT2D eigenvalue weighted by molar-refractivity contribution is 0.728. The van der Waals surface area contributed by atoms with E-state index in [4.69, 9.17) is 0 Å². The fourth-order valence-corrected chi connectivity index (χ4v) is 2.15. The molecule has 2 N–H and O–H groups in total. The van der Waals surface area contributed by atoms with Crippen LogP contribution >= 0.6 is 35.7 Å². The molecule has 0 aliphatic rings. The lowest BCUT2D eigenvalue weighted by Gasteiger charge is -2.11. The van der Waals surface area contributed by atoms with E-state index >= 15 is 0 Å². The second-order valence-corrected chi connectivity index (χ2v) is 5.67. The standard InChI is InChI=1S/C14H26N6S.HI/c1-5-8-15-14(16-9-6-7-10-21-4)17-11-13-19-18-12(2)20(13)3;/h5H,1,6-11H2,2-4H3,(H2,15,16,17);1H. The third kappa shape index (κ3) is 8.02. The molecule has 1 rings (SSSR count). The van der Waals surface area contributed by atoms with Crippen molar-refractivity contribution in [3.8, 4) is 0 Å². The van der Waals surface area contributed by atoms with Crippen LogP contribution in [0.25, 0.3) is 0 Å². The first-order valence-corrected chi connectivity index (χ1v) is 8.55. The minimum absolute atomic E-state index is 0. The highest BCUT2D eigenvalue weighted by Gasteiger charge is 2.04. The van der Waals surface area contributed by atoms with Crippen molar-refractivity contribution in [1.82, 2.24) is 25.4 Å². The second-order valence-electron chi connectivity index (χ2n) is 4.68. The highest BCUT2D eigenvalue weighted by Crippen LogP contribution is 2.00. The van der Waals surface area contributed by atoms with Crippen LogP contribution in [0.4, 0.5) is 0 Å². The summed E-state index contributed by atoms with van der Waals surface area (Å²) in [5.41, 5.74) is 0. The monoisotopic (exact) mass is 438 g/mol. The number of aryl methyl sites for hydroxylation is 1. The van der Waals surface area contributed by atoms with Crippen molar-refractivity contribution < 1.29 is 0 Å². The lowest BCUT2D eigenvalue weighted by Crippen LogP contribution is -2.38. The maximum absolute atomic E-state index is 4.54. The molecule has 0 spiro atoms. The molecule has 1 aromatic rings. The van der Waals surface area contributed by atoms with E-state index in [1.54, 1.807) is 0 Å². The summed E-state index contributed by atoms with van der Waals surface area (Å²) in [5, 5.41) is 14.7. The van der Waals surface area contributed by atoms with Crippen molar-refractivity contribution in [1.29, 1.82) is 0 Å². The molecular weight excluding hydrogens is 411 g/mol. The number of guanidine groups is 1. The summed E-state index contributed by atoms with van der Waals surface area (Å²) in [7, 11) is 1.95. The third-order valence-corrected chi connectivity index (χ3v) is 3.74. The highest BCUT2D eigenvalue weighted by molar-refractivity contribution is 14.0. The summed E-state index contributed by atoms with van der Waals surface area (Å²) in [6.45, 7) is 7.76. The lowest BCUT2D eigenvalue weighted by atomic mass is 10.3. The molecule has 0 aromatic carbocycles. The van der Waals surface area contributed by atoms with Crippen LogP contribution in [-0.2, 0) is 13.6 Å². The van der Waals surface area contributed by atoms with Gasteiger partial charge in [0.15, 0.2) is 11.8 Å². The van der Waals surface area contributed by atoms with Crippen LogP contribution in [-0.4, -0.2) is 45.8 Å². The molecule has 0 amide bonds. The molecule has 6 nitrogen and oxygen atoms in total. The van der Waals surface area contributed by atoms with Crippen molar-refractivity contribution in [3.63, 3.8) is 0 Å². The van der Waals surface area contributed by atoms with Gasteiger partial charge < -0.3 is 15.2 Å². The normalized spacial score (nSPS) is 11.0. The van der Waals surface area contributed by atoms with Crippen LogP contribution in [0.2, 0.25) is 0 Å². The molecule has 1 aromatic heterocycles. The quantitative estimate of drug-likeness (QED) is 0.203. The molecular formula is C14H27IN6S. The largest absolute Gasteiger partial charge is 0.356 e. The van der Waals surface area contributed by atoms with Gasteiger partial charge >= 0.3 is 0 Å². The Morgan fingerprint density at radius 1 is 1.36 bits per heavy atom. The van der Waals surface area contributed by atoms with Crippen LogP contribution in [0.3, 0.4) is 0 Å². The molecule has 0 fully saturated rings. The Labute approximate surface area is 154 Å². The molecule has 8 heteroatoms. The molecule has 0 radical (unpaired) electrons. The summed E-state index contributed by atoms with van der Waals surface area (Å²) in [4.78, 5) is 4.54. The minimum atomic E-state index is 0. The zero-order valence-corrected chi connectivity index (χ0v) is 16.8. The van der Waals surface area contributed by atoms with Crippen molar-refractivity contribution in [3.05, 3.63) is 24.3 Å². The van der Waals surface area contributed by atoms with Crippen LogP contribution < -0.4 is 10.6 Å². The average molecular weight is 438 g/mol. The Balaban J connectivity index is 0.00000441. The van der Waals surface area contributed by atoms with Gasteiger partial charge in [-0.1, -0.05) is 6.08 Å². The van der Waals surface area contributed by atoms with Crippen molar-refractivity contribution in [2.45, 2.75) is 26.3 Å². The highest BCUT2D eigenvalue weighted by atomic mass is 127. The predicted molar refractivity (Wildman–Crippen MR) is 106 cm³/mol. The summed E-state index contributed by atoms with van der Waals surface area (Å²) in [6.07, 6.45) is 6.30. The van der Waals surface area contributed by atoms with E-state index in [1.165, 1.54) is 12.2 Å². The minimum Gasteiger partial charge on any atom is -0.356 e. The topological polar surface area (TPSA) is 67.1 Å². The number of aromatic nitrogens is 3. The summed E-state index contributed by atoms with van der Waals surface area (Å²) in [5.74, 6) is 3.74. The van der Waals surface area contributed by atoms with Gasteiger partial charge in [0.25, 0.3) is 0 Å². The maximum Gasteiger partial charge on any atom is 0.191 e. The third-order valence-electron chi connectivity index (χ3n) is 3.04. The van der Waals surface area contributed by atoms with E-state index in [0.717, 1.165) is 30.6 Å². The van der Waals surface area contributed by atoms with Crippen molar-refractivity contribution in [2.75, 3.05) is 25.1 Å². The van der Waals surface area contributed by atoms with Crippen LogP contribution in [0.5, 0.6) is 0 Å². The van der Waals surface area contributed by atoms with E-state index in [0.29, 0.717) is 13.1 Å². The molecule has 0 aliphatic carbocycles. The van der Waals surface area contributed by atoms with E-state index < -0.39 is 0 Å². The van der Waals surface area contributed by atoms with Gasteiger partial charge in [0.2, 0.25) is 0 Å². The first-order valence-electron chi connectivity index (χ1n) is 7.16. The molecule has 22 heavy (non-hydrogen) atoms. The fraction of sp³-hybridized carbons (Fsp3) is 0.643. The predicted octanol–water partition coefficient (Wildman–Crippen LogP) is 2.11. The second kappa shape index (κ2) is 12.7. The van der Waals surface area contributed by atoms with E-state index in [2.05, 4.69) is 38.7 Å². The van der Waals surface area contributed by atoms with Gasteiger partial charge in [-0.3, -0.25) is 0 Å². The molecule has 0 atom stereocenters. The molecule has 126 valence electrons. The van der Waals surface area contributed by atoms with Gasteiger partial charge in [-0.05, 0) is 31.8 Å². The average Bonchev–Trinajstić information content (AvgIpc) is 2.80. The Bertz CT molecular complexity index is 460. The Morgan fingerprint density at radius 2 is 2.14 bits per heavy atom. The number of nitrogens with zero attached hydrogens (tertiary/aromatic N) is 4. The maximum atomic E-state index is 4.54. The molecule has 0 saturated heterocycles. The zero-order valence-electron chi connectivity index (χ0n) is 13.6. The van der Waals surface area contributed by atoms with E-state index in [-0.39, 0.29) is 24.0 Å². The first kappa shape index (κ1) is 21.2. The number of unbranched alkanes of at least 4 members (excludes halogenated alkanes) is 1. The number of nitrogens with one attached hydrogen (secondary N) is 2. The Hall–Kier alpha value is -0.770. The summed E-state index contributed by atoms with van der Waals surface area (Å²) in [6, 6.07) is 0. The summed E-state index contributed by atoms with van der Waals surface area (Å²) < 4.78 is 1.95. The van der Waals surface area contributed by atoms with Gasteiger partial charge in [-0.15, -0.1) is 40.8 Å². The number of hydrogen-bond donors (Lipinski definition) is 2. The number of thioether (sulfide) groups is 1. The Kier molecular flexibility index (Phi) is 12.3. The smallest absolute Gasteiger partial charge is 0.191 e. The molecule has 0 bridgehead atoms. The van der Waals surface area contributed by atoms with Gasteiger partial charge in [-0.2, -0.15) is 11.8 Å². The van der Waals surface area contributed by atoms with Gasteiger partial charge in [0.05, 0.1) is 0 Å². The van der Waals surface area contributed by atoms with Crippen LogP contribution in [0.1, 0.15) is 24.5 Å². The van der Waals surface area contributed by atoms with Gasteiger partial charge in [0, 0.05) is 20.1 Å². The number of aliphatic imine (C=N–C) groups is 1. The van der Waals surface area contributed by atoms with Gasteiger partial charge in [0.1, 0.15) is 12.4 Å². The molecule has 0 unspecified atom stereocenters. The SMILES string of the molecule is C=CCNC(=NCc1nnc(C)n1C)NCCCCSC.I. The van der Waals surface area contributed by atoms with Gasteiger partial charge in [-0.25, -0.2) is 4.99 Å². The zero-order chi connectivity index (χ0) is 15.5. The van der Waals surface area contributed by atoms with Crippen molar-refractivity contribution in [2.24, 2.45) is 12.0 Å². The van der Waals surface area contributed by atoms with Crippen LogP contribution in [0.15, 0.2) is 17.6 Å². The molecule has 0 saturated carbocycles. The van der Waals surface area contributed by atoms with Crippen molar-refractivity contribution >= 4 is 41.7 Å². The molecule has 0 aliphatic heterocycles. The van der Waals surface area contributed by atoms with Crippen LogP contribution in [0, 0.1) is 6.92 Å². The van der Waals surface area contributed by atoms with E-state index in [9.17, 15) is 0 Å². The number of rotatable bonds is 9. The fourth-order valence-electron chi connectivity index (χ4n) is 1.66. The summed E-state index contributed by atoms with van der Waals surface area (Å²) >= 11 is 1.88.